The maximum Gasteiger partial charge on any atom is 0.164 e. The molecule has 0 aliphatic carbocycles. The molecule has 0 bridgehead atoms. The van der Waals surface area contributed by atoms with Gasteiger partial charge in [-0.3, -0.25) is 0 Å². The van der Waals surface area contributed by atoms with E-state index in [2.05, 4.69) is 121 Å². The fourth-order valence-corrected chi connectivity index (χ4v) is 7.29. The van der Waals surface area contributed by atoms with Crippen LogP contribution in [0.4, 0.5) is 0 Å². The third kappa shape index (κ3) is 6.52. The predicted octanol–water partition coefficient (Wildman–Crippen LogP) is 13.8. The lowest BCUT2D eigenvalue weighted by Crippen LogP contribution is -2.00. The molecule has 1 heterocycles. The molecular formula is C53H35N3. The van der Waals surface area contributed by atoms with E-state index in [1.165, 1.54) is 5.56 Å². The highest BCUT2D eigenvalue weighted by atomic mass is 15.0. The maximum absolute atomic E-state index is 8.52. The van der Waals surface area contributed by atoms with Crippen molar-refractivity contribution in [2.24, 2.45) is 0 Å². The van der Waals surface area contributed by atoms with Gasteiger partial charge in [0.15, 0.2) is 17.5 Å². The van der Waals surface area contributed by atoms with E-state index in [-0.39, 0.29) is 29.7 Å². The average molecular weight is 719 g/mol. The fraction of sp³-hybridized carbons (Fsp3) is 0. The second-order valence-electron chi connectivity index (χ2n) is 13.7. The summed E-state index contributed by atoms with van der Waals surface area (Å²) in [4.78, 5) is 15.4. The van der Waals surface area contributed by atoms with Gasteiger partial charge in [0.05, 0.1) is 6.85 Å². The molecule has 0 atom stereocenters. The van der Waals surface area contributed by atoms with E-state index in [4.69, 9.17) is 21.8 Å². The molecule has 262 valence electrons. The monoisotopic (exact) mass is 718 g/mol. The zero-order valence-electron chi connectivity index (χ0n) is 35.2. The molecule has 0 N–H and O–H groups in total. The topological polar surface area (TPSA) is 38.7 Å². The molecule has 0 saturated carbocycles. The average Bonchev–Trinajstić information content (AvgIpc) is 3.32. The zero-order valence-corrected chi connectivity index (χ0v) is 30.2. The standard InChI is InChI=1S/C53H35N3/c1-4-12-36(13-5-1)39-20-24-41(25-21-39)50-35-48(34-46-18-10-11-19-49(46)50)53-55-51(42-26-22-40(23-27-42)37-14-6-2-7-15-37)54-52(56-53)47-31-30-44-32-43(28-29-45(44)33-47)38-16-8-3-9-17-38/h1-35H/i1D,4D,5D,12D,13D. The molecule has 0 unspecified atom stereocenters. The first-order valence-corrected chi connectivity index (χ1v) is 18.5. The van der Waals surface area contributed by atoms with Crippen molar-refractivity contribution in [3.8, 4) is 78.7 Å². The van der Waals surface area contributed by atoms with Gasteiger partial charge in [0.25, 0.3) is 0 Å². The number of hydrogen-bond donors (Lipinski definition) is 0. The Kier molecular flexibility index (Phi) is 7.20. The fourth-order valence-electron chi connectivity index (χ4n) is 7.29. The normalized spacial score (nSPS) is 12.5. The molecule has 3 heteroatoms. The maximum atomic E-state index is 8.52. The van der Waals surface area contributed by atoms with Gasteiger partial charge >= 0.3 is 0 Å². The van der Waals surface area contributed by atoms with E-state index in [0.717, 1.165) is 66.1 Å². The second-order valence-corrected chi connectivity index (χ2v) is 13.7. The highest BCUT2D eigenvalue weighted by Gasteiger charge is 2.16. The van der Waals surface area contributed by atoms with E-state index >= 15 is 0 Å². The van der Waals surface area contributed by atoms with Gasteiger partial charge in [0, 0.05) is 16.7 Å². The van der Waals surface area contributed by atoms with Gasteiger partial charge < -0.3 is 0 Å². The molecule has 3 nitrogen and oxygen atoms in total. The largest absolute Gasteiger partial charge is 0.208 e. The summed E-state index contributed by atoms with van der Waals surface area (Å²) in [5, 5.41) is 4.22. The number of nitrogens with zero attached hydrogens (tertiary/aromatic N) is 3. The van der Waals surface area contributed by atoms with Crippen molar-refractivity contribution in [3.05, 3.63) is 212 Å². The first kappa shape index (κ1) is 28.0. The summed E-state index contributed by atoms with van der Waals surface area (Å²) in [5.41, 5.74) is 9.63. The van der Waals surface area contributed by atoms with Gasteiger partial charge in [-0.15, -0.1) is 0 Å². The van der Waals surface area contributed by atoms with Gasteiger partial charge in [0.2, 0.25) is 0 Å². The van der Waals surface area contributed by atoms with Gasteiger partial charge in [-0.25, -0.2) is 15.0 Å². The first-order chi connectivity index (χ1) is 29.8. The molecule has 0 fully saturated rings. The van der Waals surface area contributed by atoms with Crippen LogP contribution in [0.25, 0.3) is 100 Å². The van der Waals surface area contributed by atoms with E-state index in [9.17, 15) is 0 Å². The first-order valence-electron chi connectivity index (χ1n) is 21.0. The quantitative estimate of drug-likeness (QED) is 0.165. The van der Waals surface area contributed by atoms with Gasteiger partial charge in [-0.2, -0.15) is 0 Å². The molecule has 1 aromatic heterocycles. The van der Waals surface area contributed by atoms with Gasteiger partial charge in [0.1, 0.15) is 0 Å². The van der Waals surface area contributed by atoms with Crippen LogP contribution < -0.4 is 0 Å². The van der Waals surface area contributed by atoms with Crippen LogP contribution in [0.3, 0.4) is 0 Å². The molecule has 0 spiro atoms. The highest BCUT2D eigenvalue weighted by Crippen LogP contribution is 2.36. The van der Waals surface area contributed by atoms with Crippen molar-refractivity contribution in [3.63, 3.8) is 0 Å². The molecule has 10 rings (SSSR count). The minimum atomic E-state index is -0.412. The Morgan fingerprint density at radius 2 is 0.732 bits per heavy atom. The number of hydrogen-bond acceptors (Lipinski definition) is 3. The molecular weight excluding hydrogens is 679 g/mol. The van der Waals surface area contributed by atoms with Crippen molar-refractivity contribution in [1.82, 2.24) is 15.0 Å². The summed E-state index contributed by atoms with van der Waals surface area (Å²) in [6.07, 6.45) is 0. The minimum absolute atomic E-state index is 0.170. The minimum Gasteiger partial charge on any atom is -0.208 e. The third-order valence-corrected chi connectivity index (χ3v) is 10.2. The van der Waals surface area contributed by atoms with Crippen LogP contribution in [-0.2, 0) is 0 Å². The Bertz CT molecular complexity index is 3250. The SMILES string of the molecule is [2H]c1c([2H])c([2H])c(-c2ccc(-c3cc(-c4nc(-c5ccc(-c6ccccc6)cc5)nc(-c5ccc6cc(-c7ccccc7)ccc6c5)n4)cc4ccccc34)cc2)c([2H])c1[2H]. The van der Waals surface area contributed by atoms with Gasteiger partial charge in [-0.1, -0.05) is 188 Å². The Labute approximate surface area is 333 Å². The lowest BCUT2D eigenvalue weighted by Gasteiger charge is -2.13. The van der Waals surface area contributed by atoms with Crippen molar-refractivity contribution in [1.29, 1.82) is 0 Å². The zero-order chi connectivity index (χ0) is 41.6. The number of fused-ring (bicyclic) bond motifs is 2. The smallest absolute Gasteiger partial charge is 0.164 e. The predicted molar refractivity (Wildman–Crippen MR) is 233 cm³/mol. The van der Waals surface area contributed by atoms with Crippen LogP contribution in [0.1, 0.15) is 6.85 Å². The van der Waals surface area contributed by atoms with Crippen LogP contribution in [0.5, 0.6) is 0 Å². The third-order valence-electron chi connectivity index (χ3n) is 10.2. The molecule has 0 saturated heterocycles. The Morgan fingerprint density at radius 1 is 0.286 bits per heavy atom. The molecule has 0 amide bonds. The van der Waals surface area contributed by atoms with E-state index < -0.39 is 6.04 Å². The summed E-state index contributed by atoms with van der Waals surface area (Å²) in [7, 11) is 0. The van der Waals surface area contributed by atoms with Gasteiger partial charge in [-0.05, 0) is 90.3 Å². The van der Waals surface area contributed by atoms with Crippen LogP contribution in [0, 0.1) is 0 Å². The molecule has 0 aliphatic heterocycles. The highest BCUT2D eigenvalue weighted by molar-refractivity contribution is 6.00. The lowest BCUT2D eigenvalue weighted by molar-refractivity contribution is 1.08. The van der Waals surface area contributed by atoms with Crippen molar-refractivity contribution in [2.75, 3.05) is 0 Å². The summed E-state index contributed by atoms with van der Waals surface area (Å²) in [6, 6.07) is 60.0. The molecule has 0 radical (unpaired) electrons. The Morgan fingerprint density at radius 3 is 1.41 bits per heavy atom. The number of rotatable bonds is 7. The molecule has 0 aliphatic rings. The molecule has 10 aromatic rings. The lowest BCUT2D eigenvalue weighted by atomic mass is 9.94. The number of aromatic nitrogens is 3. The Hall–Kier alpha value is -7.49. The van der Waals surface area contributed by atoms with E-state index in [1.54, 1.807) is 0 Å². The number of benzene rings is 9. The molecule has 9 aromatic carbocycles. The van der Waals surface area contributed by atoms with E-state index in [0.29, 0.717) is 23.0 Å². The summed E-state index contributed by atoms with van der Waals surface area (Å²) in [5.74, 6) is 1.63. The summed E-state index contributed by atoms with van der Waals surface area (Å²) < 4.78 is 41.5. The second kappa shape index (κ2) is 14.4. The van der Waals surface area contributed by atoms with Crippen LogP contribution >= 0.6 is 0 Å². The van der Waals surface area contributed by atoms with E-state index in [1.807, 2.05) is 60.7 Å². The van der Waals surface area contributed by atoms with Crippen molar-refractivity contribution in [2.45, 2.75) is 0 Å². The Balaban J connectivity index is 1.10. The summed E-state index contributed by atoms with van der Waals surface area (Å²) >= 11 is 0. The summed E-state index contributed by atoms with van der Waals surface area (Å²) in [6.45, 7) is 0. The van der Waals surface area contributed by atoms with Crippen LogP contribution in [0.2, 0.25) is 0 Å². The van der Waals surface area contributed by atoms with Crippen molar-refractivity contribution >= 4 is 21.5 Å². The molecule has 56 heavy (non-hydrogen) atoms. The van der Waals surface area contributed by atoms with Crippen LogP contribution in [-0.4, -0.2) is 15.0 Å². The van der Waals surface area contributed by atoms with Crippen LogP contribution in [0.15, 0.2) is 212 Å². The van der Waals surface area contributed by atoms with Crippen molar-refractivity contribution < 1.29 is 6.85 Å².